The Morgan fingerprint density at radius 2 is 0.562 bits per heavy atom. The van der Waals surface area contributed by atoms with Crippen LogP contribution in [-0.2, 0) is 0 Å². The van der Waals surface area contributed by atoms with Crippen LogP contribution in [0.25, 0.3) is 94.4 Å². The summed E-state index contributed by atoms with van der Waals surface area (Å²) in [6, 6.07) is 45.0. The summed E-state index contributed by atoms with van der Waals surface area (Å²) in [4.78, 5) is 16.0. The monoisotopic (exact) mass is 1190 g/mol. The van der Waals surface area contributed by atoms with Crippen molar-refractivity contribution >= 4 is 123 Å². The number of rotatable bonds is 12. The molecule has 418 valence electrons. The number of para-hydroxylation sites is 5. The molecule has 4 aromatic heterocycles. The predicted octanol–water partition coefficient (Wildman–Crippen LogP) is 13.6. The van der Waals surface area contributed by atoms with Crippen molar-refractivity contribution in [1.82, 2.24) is 28.7 Å². The van der Waals surface area contributed by atoms with Gasteiger partial charge in [-0.2, -0.15) is 15.0 Å². The van der Waals surface area contributed by atoms with Crippen molar-refractivity contribution in [2.24, 2.45) is 0 Å². The molecule has 17 rings (SSSR count). The maximum absolute atomic E-state index is 11.3. The van der Waals surface area contributed by atoms with Crippen LogP contribution in [0.3, 0.4) is 0 Å². The molecule has 13 aromatic carbocycles. The Hall–Kier alpha value is -11.3. The molecule has 0 aliphatic carbocycles. The maximum atomic E-state index is 11.3. The Morgan fingerprint density at radius 1 is 0.258 bits per heavy atom. The van der Waals surface area contributed by atoms with Gasteiger partial charge < -0.3 is 4.57 Å². The average molecular weight is 1190 g/mol. The van der Waals surface area contributed by atoms with Crippen LogP contribution in [-0.4, -0.2) is 44.8 Å². The smallest absolute Gasteiger partial charge is 0.240 e. The molecule has 4 heterocycles. The Balaban J connectivity index is 1.16. The lowest BCUT2D eigenvalue weighted by molar-refractivity contribution is 0.892. The molecule has 0 N–H and O–H groups in total. The fraction of sp³-hybridized carbons (Fsp3) is 0. The Bertz CT molecular complexity index is 6570. The number of hydrogen-bond acceptors (Lipinski definition) is 3. The highest BCUT2D eigenvalue weighted by atomic mass is 28.3. The topological polar surface area (TPSA) is 53.5 Å². The Kier molecular flexibility index (Phi) is 8.03. The summed E-state index contributed by atoms with van der Waals surface area (Å²) in [6.07, 6.45) is 0. The first-order chi connectivity index (χ1) is 53.7. The Morgan fingerprint density at radius 3 is 0.921 bits per heavy atom. The van der Waals surface area contributed by atoms with Gasteiger partial charge in [0.05, 0.1) is 70.3 Å². The molecule has 89 heavy (non-hydrogen) atoms. The molecule has 0 fully saturated rings. The summed E-state index contributed by atoms with van der Waals surface area (Å²) in [6.45, 7) is 0. The first kappa shape index (κ1) is 33.6. The molecule has 0 aliphatic rings. The van der Waals surface area contributed by atoms with Gasteiger partial charge in [0.2, 0.25) is 11.9 Å². The third-order valence-corrected chi connectivity index (χ3v) is 26.1. The standard InChI is InChI=1S/C81H56N6Si2/c1-7-29-57(30-8-1)88(58-31-9-2-10-32-58,59-33-11-3-12-34-59)63-52-54-77(85-72-46-24-19-41-65(72)66-42-20-25-47-73(66)85)71(55-63)79-82-80(86-74-48-26-21-43-67(74)68-44-22-27-49-75(68)86)84-81(83-79)87-76-50-28-23-45-69(76)70-53-51-64(56-78(70)87)89(60-35-13-4-14-36-60,61-37-15-5-16-38-61)62-39-17-6-18-40-62/h1-56H/i19D,20D,21D,22D,23D,24D,25D,26D,27D,28D,41D,42D,43D,44D,45D,46D,47D,48D,49D,50D,51D,53D,56D. The fourth-order valence-electron chi connectivity index (χ4n) is 13.1. The van der Waals surface area contributed by atoms with Gasteiger partial charge in [-0.3, -0.25) is 9.13 Å². The first-order valence-corrected chi connectivity index (χ1v) is 32.6. The third kappa shape index (κ3) is 8.11. The number of benzene rings is 13. The van der Waals surface area contributed by atoms with E-state index in [2.05, 4.69) is 0 Å². The minimum atomic E-state index is -4.19. The minimum absolute atomic E-state index is 0.0105. The van der Waals surface area contributed by atoms with Crippen molar-refractivity contribution in [2.45, 2.75) is 0 Å². The summed E-state index contributed by atoms with van der Waals surface area (Å²) < 4.78 is 226. The number of nitrogens with zero attached hydrogens (tertiary/aromatic N) is 6. The summed E-state index contributed by atoms with van der Waals surface area (Å²) in [5.41, 5.74) is -2.77. The second kappa shape index (κ2) is 21.3. The van der Waals surface area contributed by atoms with E-state index in [0.717, 1.165) is 24.7 Å². The fourth-order valence-corrected chi connectivity index (χ4v) is 22.3. The molecule has 0 bridgehead atoms. The lowest BCUT2D eigenvalue weighted by Crippen LogP contribution is -2.74. The van der Waals surface area contributed by atoms with E-state index in [1.807, 2.05) is 182 Å². The van der Waals surface area contributed by atoms with E-state index in [1.165, 1.54) is 4.57 Å². The minimum Gasteiger partial charge on any atom is -0.309 e. The molecule has 0 atom stereocenters. The van der Waals surface area contributed by atoms with Gasteiger partial charge in [0, 0.05) is 37.9 Å². The number of aromatic nitrogens is 6. The van der Waals surface area contributed by atoms with E-state index in [1.54, 1.807) is 18.2 Å². The van der Waals surface area contributed by atoms with Gasteiger partial charge in [-0.1, -0.05) is 291 Å². The van der Waals surface area contributed by atoms with E-state index in [0.29, 0.717) is 20.7 Å². The zero-order chi connectivity index (χ0) is 78.9. The van der Waals surface area contributed by atoms with E-state index in [-0.39, 0.29) is 54.5 Å². The lowest BCUT2D eigenvalue weighted by Gasteiger charge is -2.35. The molecule has 8 heteroatoms. The van der Waals surface area contributed by atoms with Crippen molar-refractivity contribution < 1.29 is 31.5 Å². The summed E-state index contributed by atoms with van der Waals surface area (Å²) in [7, 11) is -8.07. The zero-order valence-electron chi connectivity index (χ0n) is 69.7. The van der Waals surface area contributed by atoms with Crippen LogP contribution >= 0.6 is 0 Å². The molecular formula is C81H56N6Si2. The number of fused-ring (bicyclic) bond motifs is 9. The second-order valence-corrected chi connectivity index (χ2v) is 28.8. The van der Waals surface area contributed by atoms with Gasteiger partial charge in [-0.25, -0.2) is 0 Å². The molecule has 0 unspecified atom stereocenters. The normalized spacial score (nSPS) is 15.7. The van der Waals surface area contributed by atoms with Crippen LogP contribution in [0.2, 0.25) is 0 Å². The van der Waals surface area contributed by atoms with Gasteiger partial charge in [0.1, 0.15) is 0 Å². The van der Waals surface area contributed by atoms with Crippen molar-refractivity contribution in [3.8, 4) is 29.0 Å². The number of hydrogen-bond donors (Lipinski definition) is 0. The molecule has 0 spiro atoms. The zero-order valence-corrected chi connectivity index (χ0v) is 48.7. The largest absolute Gasteiger partial charge is 0.309 e. The van der Waals surface area contributed by atoms with Gasteiger partial charge in [0.15, 0.2) is 22.0 Å². The summed E-state index contributed by atoms with van der Waals surface area (Å²) in [5.74, 6) is -1.90. The van der Waals surface area contributed by atoms with Crippen molar-refractivity contribution in [3.63, 3.8) is 0 Å². The van der Waals surface area contributed by atoms with Crippen molar-refractivity contribution in [1.29, 1.82) is 0 Å². The van der Waals surface area contributed by atoms with Crippen LogP contribution in [0.4, 0.5) is 0 Å². The highest BCUT2D eigenvalue weighted by Gasteiger charge is 2.44. The average Bonchev–Trinajstić information content (AvgIpc) is 1.60. The molecule has 6 nitrogen and oxygen atoms in total. The van der Waals surface area contributed by atoms with Gasteiger partial charge >= 0.3 is 0 Å². The summed E-state index contributed by atoms with van der Waals surface area (Å²) >= 11 is 0. The molecule has 0 radical (unpaired) electrons. The second-order valence-electron chi connectivity index (χ2n) is 21.3. The maximum Gasteiger partial charge on any atom is 0.240 e. The summed E-state index contributed by atoms with van der Waals surface area (Å²) in [5, 5.41) is 2.81. The quantitative estimate of drug-likeness (QED) is 0.0905. The van der Waals surface area contributed by atoms with Crippen LogP contribution < -0.4 is 41.5 Å². The molecule has 17 aromatic rings. The van der Waals surface area contributed by atoms with Crippen molar-refractivity contribution in [3.05, 3.63) is 339 Å². The predicted molar refractivity (Wildman–Crippen MR) is 376 cm³/mol. The Labute approximate surface area is 549 Å². The van der Waals surface area contributed by atoms with Crippen molar-refractivity contribution in [2.75, 3.05) is 0 Å². The lowest BCUT2D eigenvalue weighted by atomic mass is 10.1. The van der Waals surface area contributed by atoms with Gasteiger partial charge in [-0.05, 0) is 89.9 Å². The molecule has 0 saturated heterocycles. The van der Waals surface area contributed by atoms with E-state index >= 15 is 0 Å². The highest BCUT2D eigenvalue weighted by molar-refractivity contribution is 7.20. The van der Waals surface area contributed by atoms with Gasteiger partial charge in [0.25, 0.3) is 0 Å². The van der Waals surface area contributed by atoms with Gasteiger partial charge in [-0.15, -0.1) is 0 Å². The third-order valence-electron chi connectivity index (χ3n) is 16.8. The van der Waals surface area contributed by atoms with Crippen LogP contribution in [0.1, 0.15) is 31.5 Å². The van der Waals surface area contributed by atoms with E-state index in [9.17, 15) is 26.0 Å². The molecule has 0 saturated carbocycles. The molecule has 0 aliphatic heterocycles. The highest BCUT2D eigenvalue weighted by Crippen LogP contribution is 2.39. The van der Waals surface area contributed by atoms with E-state index in [4.69, 9.17) is 20.4 Å². The molecular weight excluding hydrogens is 1110 g/mol. The van der Waals surface area contributed by atoms with E-state index < -0.39 is 200 Å². The van der Waals surface area contributed by atoms with Crippen LogP contribution in [0.15, 0.2) is 339 Å². The first-order valence-electron chi connectivity index (χ1n) is 40.1. The van der Waals surface area contributed by atoms with Crippen LogP contribution in [0, 0.1) is 0 Å². The SMILES string of the molecule is [2H]c1c([2H])c([2H])c2c(c1[2H])c1c([2H])c([2H])c([2H])c([2H])c1n2-c1nc(-c2cc([Si](c3ccccc3)(c3ccccc3)c3ccccc3)ccc2-n2c3c([2H])c([2H])c([2H])c([2H])c3c3c([2H])c([2H])c([2H])c([2H])c32)nc(-n2c3c([2H])c([2H])c([2H])c([2H])c3c3c([2H])c([2H])c([Si](c4ccccc4)(c4ccccc4)c4ccccc4)c([2H])c32)n1. The van der Waals surface area contributed by atoms with Crippen LogP contribution in [0.5, 0.6) is 0 Å². The molecule has 0 amide bonds.